The molecule has 0 fully saturated rings. The van der Waals surface area contributed by atoms with Gasteiger partial charge in [-0.3, -0.25) is 4.79 Å². The summed E-state index contributed by atoms with van der Waals surface area (Å²) in [6, 6.07) is 3.23. The Morgan fingerprint density at radius 1 is 1.38 bits per heavy atom. The van der Waals surface area contributed by atoms with E-state index in [1.54, 1.807) is 13.0 Å². The second kappa shape index (κ2) is 5.80. The smallest absolute Gasteiger partial charge is 0.339 e. The van der Waals surface area contributed by atoms with Gasteiger partial charge in [0.05, 0.1) is 3.57 Å². The van der Waals surface area contributed by atoms with E-state index in [9.17, 15) is 9.59 Å². The summed E-state index contributed by atoms with van der Waals surface area (Å²) in [7, 11) is 0. The lowest BCUT2D eigenvalue weighted by Gasteiger charge is -2.09. The third kappa shape index (κ3) is 3.30. The highest BCUT2D eigenvalue weighted by Crippen LogP contribution is 2.28. The van der Waals surface area contributed by atoms with E-state index in [0.29, 0.717) is 3.57 Å². The van der Waals surface area contributed by atoms with Gasteiger partial charge >= 0.3 is 11.9 Å². The van der Waals surface area contributed by atoms with Crippen molar-refractivity contribution in [1.29, 1.82) is 0 Å². The van der Waals surface area contributed by atoms with E-state index < -0.39 is 11.9 Å². The summed E-state index contributed by atoms with van der Waals surface area (Å²) >= 11 is 3.96. The van der Waals surface area contributed by atoms with Crippen LogP contribution in [0.2, 0.25) is 0 Å². The molecule has 0 atom stereocenters. The Morgan fingerprint density at radius 3 is 2.50 bits per heavy atom. The molecular weight excluding hydrogens is 438 g/mol. The fourth-order valence-corrected chi connectivity index (χ4v) is 2.96. The van der Waals surface area contributed by atoms with E-state index >= 15 is 0 Å². The van der Waals surface area contributed by atoms with Crippen molar-refractivity contribution in [3.63, 3.8) is 0 Å². The van der Waals surface area contributed by atoms with Crippen LogP contribution < -0.4 is 4.74 Å². The quantitative estimate of drug-likeness (QED) is 0.441. The second-order valence-corrected chi connectivity index (χ2v) is 5.30. The van der Waals surface area contributed by atoms with Gasteiger partial charge < -0.3 is 9.84 Å². The van der Waals surface area contributed by atoms with Crippen molar-refractivity contribution in [3.8, 4) is 5.75 Å². The maximum Gasteiger partial charge on any atom is 0.339 e. The molecule has 1 rings (SSSR count). The minimum atomic E-state index is -1.10. The van der Waals surface area contributed by atoms with Crippen molar-refractivity contribution in [3.05, 3.63) is 24.8 Å². The van der Waals surface area contributed by atoms with Gasteiger partial charge in [0.1, 0.15) is 5.56 Å². The van der Waals surface area contributed by atoms with Gasteiger partial charge in [0.2, 0.25) is 0 Å². The van der Waals surface area contributed by atoms with E-state index in [-0.39, 0.29) is 17.7 Å². The Morgan fingerprint density at radius 2 is 2.00 bits per heavy atom. The van der Waals surface area contributed by atoms with Gasteiger partial charge in [0.15, 0.2) is 5.75 Å². The molecule has 1 aromatic carbocycles. The molecule has 0 aromatic heterocycles. The van der Waals surface area contributed by atoms with E-state index in [1.165, 1.54) is 6.07 Å². The zero-order chi connectivity index (χ0) is 12.3. The fraction of sp³-hybridized carbons (Fsp3) is 0.200. The monoisotopic (exact) mass is 446 g/mol. The molecule has 0 unspecified atom stereocenters. The molecule has 0 saturated heterocycles. The number of rotatable bonds is 3. The van der Waals surface area contributed by atoms with Crippen LogP contribution in [0.25, 0.3) is 0 Å². The Bertz CT molecular complexity index is 443. The maximum atomic E-state index is 11.2. The molecule has 0 heterocycles. The van der Waals surface area contributed by atoms with Crippen molar-refractivity contribution in [2.24, 2.45) is 0 Å². The number of benzene rings is 1. The summed E-state index contributed by atoms with van der Waals surface area (Å²) in [5.41, 5.74) is 0.0121. The van der Waals surface area contributed by atoms with Gasteiger partial charge in [-0.25, -0.2) is 4.79 Å². The van der Waals surface area contributed by atoms with Crippen molar-refractivity contribution in [2.45, 2.75) is 13.3 Å². The average molecular weight is 446 g/mol. The Balaban J connectivity index is 3.24. The first-order chi connectivity index (χ1) is 7.45. The van der Waals surface area contributed by atoms with Crippen LogP contribution in [0.5, 0.6) is 5.75 Å². The van der Waals surface area contributed by atoms with Gasteiger partial charge in [-0.1, -0.05) is 6.92 Å². The zero-order valence-corrected chi connectivity index (χ0v) is 12.6. The second-order valence-electron chi connectivity index (χ2n) is 2.90. The third-order valence-corrected chi connectivity index (χ3v) is 3.17. The van der Waals surface area contributed by atoms with Crippen LogP contribution in [0, 0.1) is 7.14 Å². The zero-order valence-electron chi connectivity index (χ0n) is 8.29. The molecule has 0 spiro atoms. The summed E-state index contributed by atoms with van der Waals surface area (Å²) in [4.78, 5) is 22.2. The topological polar surface area (TPSA) is 63.6 Å². The molecular formula is C10H8I2O4. The summed E-state index contributed by atoms with van der Waals surface area (Å²) in [6.45, 7) is 1.66. The molecule has 0 saturated carbocycles. The minimum absolute atomic E-state index is 0.0121. The first-order valence-corrected chi connectivity index (χ1v) is 6.54. The Kier molecular flexibility index (Phi) is 4.96. The number of hydrogen-bond donors (Lipinski definition) is 1. The van der Waals surface area contributed by atoms with Gasteiger partial charge in [-0.15, -0.1) is 0 Å². The van der Waals surface area contributed by atoms with E-state index in [0.717, 1.165) is 3.57 Å². The lowest BCUT2D eigenvalue weighted by molar-refractivity contribution is -0.134. The van der Waals surface area contributed by atoms with Crippen molar-refractivity contribution < 1.29 is 19.4 Å². The summed E-state index contributed by atoms with van der Waals surface area (Å²) in [5.74, 6) is -1.42. The Labute approximate surface area is 120 Å². The van der Waals surface area contributed by atoms with Gasteiger partial charge in [-0.2, -0.15) is 0 Å². The largest absolute Gasteiger partial charge is 0.478 e. The molecule has 0 bridgehead atoms. The summed E-state index contributed by atoms with van der Waals surface area (Å²) in [6.07, 6.45) is 0.209. The predicted octanol–water partition coefficient (Wildman–Crippen LogP) is 2.91. The summed E-state index contributed by atoms with van der Waals surface area (Å²) < 4.78 is 6.41. The number of halogens is 2. The van der Waals surface area contributed by atoms with Crippen molar-refractivity contribution in [2.75, 3.05) is 0 Å². The lowest BCUT2D eigenvalue weighted by atomic mass is 10.2. The number of carbonyl (C=O) groups is 2. The standard InChI is InChI=1S/C10H8I2O4/c1-2-8(13)16-9-6(10(14)15)3-5(11)4-7(9)12/h3-4H,2H2,1H3,(H,14,15). The number of ether oxygens (including phenoxy) is 1. The highest BCUT2D eigenvalue weighted by molar-refractivity contribution is 14.1. The number of aromatic carboxylic acids is 1. The van der Waals surface area contributed by atoms with Gasteiger partial charge in [0.25, 0.3) is 0 Å². The van der Waals surface area contributed by atoms with Crippen LogP contribution in [0.4, 0.5) is 0 Å². The molecule has 6 heteroatoms. The number of carboxylic acid groups (broad SMARTS) is 1. The van der Waals surface area contributed by atoms with E-state index in [1.807, 2.05) is 45.2 Å². The van der Waals surface area contributed by atoms with Crippen LogP contribution in [-0.2, 0) is 4.79 Å². The molecule has 0 aliphatic carbocycles. The van der Waals surface area contributed by atoms with Crippen LogP contribution >= 0.6 is 45.2 Å². The minimum Gasteiger partial charge on any atom is -0.478 e. The first kappa shape index (κ1) is 13.7. The van der Waals surface area contributed by atoms with E-state index in [2.05, 4.69) is 0 Å². The molecule has 1 aromatic rings. The third-order valence-electron chi connectivity index (χ3n) is 1.74. The van der Waals surface area contributed by atoms with Crippen LogP contribution in [0.3, 0.4) is 0 Å². The Hall–Kier alpha value is -0.380. The molecule has 4 nitrogen and oxygen atoms in total. The number of esters is 1. The molecule has 0 radical (unpaired) electrons. The number of carboxylic acids is 1. The number of hydrogen-bond acceptors (Lipinski definition) is 3. The fourth-order valence-electron chi connectivity index (χ4n) is 1.01. The van der Waals surface area contributed by atoms with Gasteiger partial charge in [0, 0.05) is 9.99 Å². The molecule has 0 amide bonds. The normalized spacial score (nSPS) is 9.94. The van der Waals surface area contributed by atoms with E-state index in [4.69, 9.17) is 9.84 Å². The van der Waals surface area contributed by atoms with Crippen molar-refractivity contribution >= 4 is 57.1 Å². The maximum absolute atomic E-state index is 11.2. The molecule has 0 aliphatic rings. The predicted molar refractivity (Wildman–Crippen MR) is 74.8 cm³/mol. The van der Waals surface area contributed by atoms with Crippen LogP contribution in [-0.4, -0.2) is 17.0 Å². The highest BCUT2D eigenvalue weighted by atomic mass is 127. The molecule has 16 heavy (non-hydrogen) atoms. The van der Waals surface area contributed by atoms with Crippen LogP contribution in [0.15, 0.2) is 12.1 Å². The van der Waals surface area contributed by atoms with Crippen LogP contribution in [0.1, 0.15) is 23.7 Å². The first-order valence-electron chi connectivity index (χ1n) is 4.38. The lowest BCUT2D eigenvalue weighted by Crippen LogP contribution is -2.11. The molecule has 86 valence electrons. The summed E-state index contributed by atoms with van der Waals surface area (Å²) in [5, 5.41) is 9.00. The SMILES string of the molecule is CCC(=O)Oc1c(I)cc(I)cc1C(=O)O. The average Bonchev–Trinajstić information content (AvgIpc) is 2.20. The highest BCUT2D eigenvalue weighted by Gasteiger charge is 2.18. The van der Waals surface area contributed by atoms with Gasteiger partial charge in [-0.05, 0) is 57.3 Å². The molecule has 0 aliphatic heterocycles. The van der Waals surface area contributed by atoms with Crippen molar-refractivity contribution in [1.82, 2.24) is 0 Å². The molecule has 1 N–H and O–H groups in total. The number of carbonyl (C=O) groups excluding carboxylic acids is 1.